The smallest absolute Gasteiger partial charge is 0.282 e. The van der Waals surface area contributed by atoms with Crippen LogP contribution in [-0.4, -0.2) is 21.2 Å². The minimum absolute atomic E-state index is 0.523. The standard InChI is InChI=1S/C8H10BNO/c9-11-7-6-10-8-4-2-1-3-5-8/h1-5,10H,6-7H2. The zero-order chi connectivity index (χ0) is 7.94. The van der Waals surface area contributed by atoms with Crippen LogP contribution in [0.25, 0.3) is 0 Å². The first-order valence-electron chi connectivity index (χ1n) is 3.54. The second-order valence-corrected chi connectivity index (χ2v) is 2.16. The van der Waals surface area contributed by atoms with E-state index in [9.17, 15) is 0 Å². The fraction of sp³-hybridized carbons (Fsp3) is 0.250. The first-order chi connectivity index (χ1) is 5.43. The molecule has 2 radical (unpaired) electrons. The van der Waals surface area contributed by atoms with Crippen LogP contribution in [0.4, 0.5) is 5.69 Å². The zero-order valence-corrected chi connectivity index (χ0v) is 6.29. The molecule has 2 nitrogen and oxygen atoms in total. The summed E-state index contributed by atoms with van der Waals surface area (Å²) in [5.74, 6) is 0. The summed E-state index contributed by atoms with van der Waals surface area (Å²) in [6.07, 6.45) is 0. The lowest BCUT2D eigenvalue weighted by Gasteiger charge is -2.03. The molecular formula is C8H10BNO. The van der Waals surface area contributed by atoms with Crippen LogP contribution >= 0.6 is 0 Å². The lowest BCUT2D eigenvalue weighted by Crippen LogP contribution is -2.07. The number of hydrogen-bond acceptors (Lipinski definition) is 2. The summed E-state index contributed by atoms with van der Waals surface area (Å²) < 4.78 is 4.40. The molecule has 3 heteroatoms. The molecule has 0 saturated heterocycles. The van der Waals surface area contributed by atoms with Gasteiger partial charge in [-0.2, -0.15) is 0 Å². The van der Waals surface area contributed by atoms with Crippen LogP contribution < -0.4 is 5.32 Å². The molecule has 0 aliphatic carbocycles. The number of anilines is 1. The average Bonchev–Trinajstić information content (AvgIpc) is 2.07. The van der Waals surface area contributed by atoms with Gasteiger partial charge in [0.05, 0.1) is 0 Å². The fourth-order valence-electron chi connectivity index (χ4n) is 0.810. The third-order valence-electron chi connectivity index (χ3n) is 1.32. The predicted octanol–water partition coefficient (Wildman–Crippen LogP) is 1.20. The molecule has 0 saturated carbocycles. The second-order valence-electron chi connectivity index (χ2n) is 2.16. The largest absolute Gasteiger partial charge is 0.446 e. The van der Waals surface area contributed by atoms with Crippen LogP contribution in [0, 0.1) is 0 Å². The first-order valence-corrected chi connectivity index (χ1v) is 3.54. The van der Waals surface area contributed by atoms with Crippen LogP contribution in [0.5, 0.6) is 0 Å². The predicted molar refractivity (Wildman–Crippen MR) is 46.6 cm³/mol. The Hall–Kier alpha value is -0.955. The van der Waals surface area contributed by atoms with Gasteiger partial charge >= 0.3 is 0 Å². The highest BCUT2D eigenvalue weighted by molar-refractivity contribution is 5.97. The summed E-state index contributed by atoms with van der Waals surface area (Å²) >= 11 is 0. The number of hydrogen-bond donors (Lipinski definition) is 1. The minimum atomic E-state index is 0.523. The van der Waals surface area contributed by atoms with Crippen LogP contribution in [0.1, 0.15) is 0 Å². The van der Waals surface area contributed by atoms with E-state index in [2.05, 4.69) is 9.97 Å². The molecule has 0 unspecified atom stereocenters. The summed E-state index contributed by atoms with van der Waals surface area (Å²) in [4.78, 5) is 0. The van der Waals surface area contributed by atoms with Gasteiger partial charge in [0, 0.05) is 18.8 Å². The highest BCUT2D eigenvalue weighted by Gasteiger charge is 1.86. The second kappa shape index (κ2) is 4.80. The normalized spacial score (nSPS) is 9.45. The molecule has 0 heterocycles. The van der Waals surface area contributed by atoms with Crippen LogP contribution in [0.15, 0.2) is 30.3 Å². The molecule has 1 aromatic carbocycles. The topological polar surface area (TPSA) is 21.3 Å². The van der Waals surface area contributed by atoms with Crippen molar-refractivity contribution in [1.82, 2.24) is 0 Å². The lowest BCUT2D eigenvalue weighted by atomic mass is 10.3. The van der Waals surface area contributed by atoms with Crippen LogP contribution in [0.3, 0.4) is 0 Å². The maximum absolute atomic E-state index is 4.85. The Labute approximate surface area is 68.0 Å². The molecule has 0 spiro atoms. The molecule has 0 aliphatic rings. The summed E-state index contributed by atoms with van der Waals surface area (Å²) in [6.45, 7) is 1.26. The van der Waals surface area contributed by atoms with Gasteiger partial charge in [-0.25, -0.2) is 0 Å². The van der Waals surface area contributed by atoms with Crippen molar-refractivity contribution in [2.24, 2.45) is 0 Å². The Balaban J connectivity index is 2.28. The van der Waals surface area contributed by atoms with E-state index in [-0.39, 0.29) is 0 Å². The molecule has 1 rings (SSSR count). The van der Waals surface area contributed by atoms with Gasteiger partial charge in [0.2, 0.25) is 0 Å². The van der Waals surface area contributed by atoms with Crippen molar-refractivity contribution in [3.05, 3.63) is 30.3 Å². The van der Waals surface area contributed by atoms with E-state index in [1.54, 1.807) is 0 Å². The maximum Gasteiger partial charge on any atom is 0.282 e. The number of benzene rings is 1. The third-order valence-corrected chi connectivity index (χ3v) is 1.32. The van der Waals surface area contributed by atoms with Gasteiger partial charge in [-0.05, 0) is 12.1 Å². The summed E-state index contributed by atoms with van der Waals surface area (Å²) in [7, 11) is 4.85. The zero-order valence-electron chi connectivity index (χ0n) is 6.29. The minimum Gasteiger partial charge on any atom is -0.446 e. The molecular weight excluding hydrogens is 137 g/mol. The van der Waals surface area contributed by atoms with E-state index in [4.69, 9.17) is 8.05 Å². The maximum atomic E-state index is 4.85. The molecule has 1 N–H and O–H groups in total. The Morgan fingerprint density at radius 1 is 1.27 bits per heavy atom. The summed E-state index contributed by atoms with van der Waals surface area (Å²) in [5, 5.41) is 3.14. The SMILES string of the molecule is [B]OCCNc1ccccc1. The molecule has 0 fully saturated rings. The molecule has 0 aliphatic heterocycles. The lowest BCUT2D eigenvalue weighted by molar-refractivity contribution is 0.367. The van der Waals surface area contributed by atoms with Gasteiger partial charge < -0.3 is 9.97 Å². The van der Waals surface area contributed by atoms with Gasteiger partial charge in [-0.15, -0.1) is 0 Å². The number of para-hydroxylation sites is 1. The quantitative estimate of drug-likeness (QED) is 0.510. The highest BCUT2D eigenvalue weighted by atomic mass is 16.4. The van der Waals surface area contributed by atoms with E-state index < -0.39 is 0 Å². The average molecular weight is 147 g/mol. The summed E-state index contributed by atoms with van der Waals surface area (Å²) in [5.41, 5.74) is 1.09. The Morgan fingerprint density at radius 2 is 2.00 bits per heavy atom. The van der Waals surface area contributed by atoms with Crippen molar-refractivity contribution >= 4 is 13.7 Å². The van der Waals surface area contributed by atoms with Crippen molar-refractivity contribution in [2.75, 3.05) is 18.5 Å². The monoisotopic (exact) mass is 147 g/mol. The third kappa shape index (κ3) is 3.09. The fourth-order valence-corrected chi connectivity index (χ4v) is 0.810. The van der Waals surface area contributed by atoms with Crippen LogP contribution in [0.2, 0.25) is 0 Å². The number of nitrogens with one attached hydrogen (secondary N) is 1. The number of rotatable bonds is 4. The molecule has 56 valence electrons. The van der Waals surface area contributed by atoms with Gasteiger partial charge in [0.1, 0.15) is 0 Å². The highest BCUT2D eigenvalue weighted by Crippen LogP contribution is 2.03. The molecule has 1 aromatic rings. The van der Waals surface area contributed by atoms with Crippen molar-refractivity contribution in [2.45, 2.75) is 0 Å². The van der Waals surface area contributed by atoms with Crippen LogP contribution in [-0.2, 0) is 4.65 Å². The molecule has 0 amide bonds. The van der Waals surface area contributed by atoms with E-state index >= 15 is 0 Å². The molecule has 0 bridgehead atoms. The van der Waals surface area contributed by atoms with Crippen molar-refractivity contribution in [1.29, 1.82) is 0 Å². The van der Waals surface area contributed by atoms with Crippen molar-refractivity contribution in [3.63, 3.8) is 0 Å². The van der Waals surface area contributed by atoms with Gasteiger partial charge in [-0.1, -0.05) is 18.2 Å². The molecule has 0 atom stereocenters. The Morgan fingerprint density at radius 3 is 2.64 bits per heavy atom. The van der Waals surface area contributed by atoms with Gasteiger partial charge in [0.25, 0.3) is 8.05 Å². The van der Waals surface area contributed by atoms with Gasteiger partial charge in [0.15, 0.2) is 0 Å². The van der Waals surface area contributed by atoms with E-state index in [1.165, 1.54) is 0 Å². The summed E-state index contributed by atoms with van der Waals surface area (Å²) in [6, 6.07) is 9.93. The first kappa shape index (κ1) is 8.14. The van der Waals surface area contributed by atoms with E-state index in [0.29, 0.717) is 6.61 Å². The van der Waals surface area contributed by atoms with Crippen molar-refractivity contribution < 1.29 is 4.65 Å². The van der Waals surface area contributed by atoms with Gasteiger partial charge in [-0.3, -0.25) is 0 Å². The van der Waals surface area contributed by atoms with E-state index in [1.807, 2.05) is 30.3 Å². The Bertz CT molecular complexity index is 191. The van der Waals surface area contributed by atoms with E-state index in [0.717, 1.165) is 12.2 Å². The molecule has 0 aromatic heterocycles. The van der Waals surface area contributed by atoms with Crippen molar-refractivity contribution in [3.8, 4) is 0 Å². The molecule has 11 heavy (non-hydrogen) atoms. The Kier molecular flexibility index (Phi) is 3.55.